The van der Waals surface area contributed by atoms with Crippen molar-refractivity contribution >= 4 is 11.7 Å². The predicted octanol–water partition coefficient (Wildman–Crippen LogP) is 0.828. The van der Waals surface area contributed by atoms with Gasteiger partial charge in [0.25, 0.3) is 11.8 Å². The molecule has 2 aromatic heterocycles. The van der Waals surface area contributed by atoms with Gasteiger partial charge in [-0.05, 0) is 25.0 Å². The van der Waals surface area contributed by atoms with Gasteiger partial charge in [-0.1, -0.05) is 11.2 Å². The number of amides is 1. The molecule has 0 aliphatic carbocycles. The van der Waals surface area contributed by atoms with E-state index in [0.29, 0.717) is 24.1 Å². The molecule has 1 saturated heterocycles. The third-order valence-electron chi connectivity index (χ3n) is 3.10. The van der Waals surface area contributed by atoms with Gasteiger partial charge < -0.3 is 20.3 Å². The zero-order valence-electron chi connectivity index (χ0n) is 11.3. The molecule has 0 aromatic carbocycles. The largest absolute Gasteiger partial charge is 0.384 e. The topological polar surface area (TPSA) is 116 Å². The smallest absolute Gasteiger partial charge is 0.270 e. The zero-order valence-corrected chi connectivity index (χ0v) is 11.3. The number of hydrogen-bond acceptors (Lipinski definition) is 7. The SMILES string of the molecule is Nc1cccc(C(=O)NCc2noc([C@@H]3CCCO3)n2)n1. The molecule has 21 heavy (non-hydrogen) atoms. The highest BCUT2D eigenvalue weighted by Crippen LogP contribution is 2.26. The number of rotatable bonds is 4. The first kappa shape index (κ1) is 13.5. The Labute approximate surface area is 120 Å². The number of carbonyl (C=O) groups excluding carboxylic acids is 1. The minimum absolute atomic E-state index is 0.127. The fourth-order valence-corrected chi connectivity index (χ4v) is 2.07. The lowest BCUT2D eigenvalue weighted by Crippen LogP contribution is -2.24. The molecule has 3 N–H and O–H groups in total. The van der Waals surface area contributed by atoms with Crippen molar-refractivity contribution in [2.24, 2.45) is 0 Å². The lowest BCUT2D eigenvalue weighted by atomic mass is 10.2. The van der Waals surface area contributed by atoms with Gasteiger partial charge in [0.1, 0.15) is 17.6 Å². The molecule has 0 unspecified atom stereocenters. The minimum Gasteiger partial charge on any atom is -0.384 e. The first-order valence-electron chi connectivity index (χ1n) is 6.67. The molecule has 3 rings (SSSR count). The number of hydrogen-bond donors (Lipinski definition) is 2. The second-order valence-corrected chi connectivity index (χ2v) is 4.68. The van der Waals surface area contributed by atoms with Gasteiger partial charge in [-0.15, -0.1) is 0 Å². The number of nitrogen functional groups attached to an aromatic ring is 1. The quantitative estimate of drug-likeness (QED) is 0.856. The number of nitrogens with one attached hydrogen (secondary N) is 1. The molecule has 8 nitrogen and oxygen atoms in total. The summed E-state index contributed by atoms with van der Waals surface area (Å²) in [6.45, 7) is 0.867. The first-order chi connectivity index (χ1) is 10.2. The molecule has 0 saturated carbocycles. The van der Waals surface area contributed by atoms with E-state index in [-0.39, 0.29) is 24.2 Å². The molecular weight excluding hydrogens is 274 g/mol. The molecule has 3 heterocycles. The van der Waals surface area contributed by atoms with Gasteiger partial charge in [-0.2, -0.15) is 4.98 Å². The van der Waals surface area contributed by atoms with E-state index in [1.54, 1.807) is 18.2 Å². The summed E-state index contributed by atoms with van der Waals surface area (Å²) < 4.78 is 10.6. The van der Waals surface area contributed by atoms with Crippen LogP contribution in [0.15, 0.2) is 22.7 Å². The van der Waals surface area contributed by atoms with Crippen LogP contribution in [0.3, 0.4) is 0 Å². The highest BCUT2D eigenvalue weighted by Gasteiger charge is 2.23. The second-order valence-electron chi connectivity index (χ2n) is 4.68. The van der Waals surface area contributed by atoms with E-state index < -0.39 is 0 Å². The Kier molecular flexibility index (Phi) is 3.78. The molecule has 0 spiro atoms. The third kappa shape index (κ3) is 3.16. The van der Waals surface area contributed by atoms with Gasteiger partial charge in [0.2, 0.25) is 0 Å². The molecule has 2 aromatic rings. The van der Waals surface area contributed by atoms with Crippen LogP contribution in [0.25, 0.3) is 0 Å². The molecule has 110 valence electrons. The van der Waals surface area contributed by atoms with Gasteiger partial charge in [-0.25, -0.2) is 4.98 Å². The van der Waals surface area contributed by atoms with Gasteiger partial charge in [-0.3, -0.25) is 4.79 Å². The van der Waals surface area contributed by atoms with Gasteiger partial charge in [0.05, 0.1) is 6.54 Å². The average Bonchev–Trinajstić information content (AvgIpc) is 3.15. The maximum absolute atomic E-state index is 11.9. The molecule has 1 aliphatic heterocycles. The number of nitrogens with two attached hydrogens (primary N) is 1. The van der Waals surface area contributed by atoms with Crippen LogP contribution in [-0.2, 0) is 11.3 Å². The standard InChI is InChI=1S/C13H15N5O3/c14-10-5-1-3-8(16-10)12(19)15-7-11-17-13(21-18-11)9-4-2-6-20-9/h1,3,5,9H,2,4,6-7H2,(H2,14,16)(H,15,19)/t9-/m0/s1. The van der Waals surface area contributed by atoms with Crippen molar-refractivity contribution in [1.82, 2.24) is 20.4 Å². The summed E-state index contributed by atoms with van der Waals surface area (Å²) in [5.74, 6) is 0.810. The van der Waals surface area contributed by atoms with Gasteiger partial charge >= 0.3 is 0 Å². The predicted molar refractivity (Wildman–Crippen MR) is 72.0 cm³/mol. The molecule has 0 bridgehead atoms. The van der Waals surface area contributed by atoms with Crippen molar-refractivity contribution in [3.05, 3.63) is 35.6 Å². The van der Waals surface area contributed by atoms with E-state index in [1.807, 2.05) is 0 Å². The number of anilines is 1. The molecule has 1 amide bonds. The summed E-state index contributed by atoms with van der Waals surface area (Å²) in [5, 5.41) is 6.48. The van der Waals surface area contributed by atoms with Gasteiger partial charge in [0.15, 0.2) is 5.82 Å². The van der Waals surface area contributed by atoms with E-state index in [0.717, 1.165) is 12.8 Å². The van der Waals surface area contributed by atoms with Crippen molar-refractivity contribution in [3.8, 4) is 0 Å². The normalized spacial score (nSPS) is 17.8. The van der Waals surface area contributed by atoms with Gasteiger partial charge in [0, 0.05) is 6.61 Å². The Morgan fingerprint density at radius 2 is 2.33 bits per heavy atom. The summed E-state index contributed by atoms with van der Waals surface area (Å²) in [4.78, 5) is 20.0. The van der Waals surface area contributed by atoms with Crippen molar-refractivity contribution in [2.75, 3.05) is 12.3 Å². The Balaban J connectivity index is 1.58. The highest BCUT2D eigenvalue weighted by atomic mass is 16.5. The summed E-state index contributed by atoms with van der Waals surface area (Å²) in [5.41, 5.74) is 5.78. The van der Waals surface area contributed by atoms with Crippen molar-refractivity contribution in [2.45, 2.75) is 25.5 Å². The maximum Gasteiger partial charge on any atom is 0.270 e. The summed E-state index contributed by atoms with van der Waals surface area (Å²) >= 11 is 0. The summed E-state index contributed by atoms with van der Waals surface area (Å²) in [7, 11) is 0. The van der Waals surface area contributed by atoms with Crippen LogP contribution in [0.5, 0.6) is 0 Å². The van der Waals surface area contributed by atoms with Crippen LogP contribution < -0.4 is 11.1 Å². The van der Waals surface area contributed by atoms with E-state index in [9.17, 15) is 4.79 Å². The van der Waals surface area contributed by atoms with Crippen LogP contribution in [-0.4, -0.2) is 27.6 Å². The van der Waals surface area contributed by atoms with Crippen LogP contribution in [0.1, 0.15) is 41.1 Å². The summed E-state index contributed by atoms with van der Waals surface area (Å²) in [6, 6.07) is 4.87. The fraction of sp³-hybridized carbons (Fsp3) is 0.385. The number of ether oxygens (including phenoxy) is 1. The molecular formula is C13H15N5O3. The molecule has 1 fully saturated rings. The Morgan fingerprint density at radius 3 is 3.10 bits per heavy atom. The van der Waals surface area contributed by atoms with E-state index in [1.165, 1.54) is 0 Å². The Hall–Kier alpha value is -2.48. The van der Waals surface area contributed by atoms with E-state index in [4.69, 9.17) is 15.0 Å². The lowest BCUT2D eigenvalue weighted by molar-refractivity contribution is 0.0835. The minimum atomic E-state index is -0.342. The zero-order chi connectivity index (χ0) is 14.7. The van der Waals surface area contributed by atoms with E-state index in [2.05, 4.69) is 20.4 Å². The maximum atomic E-state index is 11.9. The van der Waals surface area contributed by atoms with Crippen LogP contribution in [0, 0.1) is 0 Å². The van der Waals surface area contributed by atoms with Crippen LogP contribution in [0.4, 0.5) is 5.82 Å². The molecule has 1 aliphatic rings. The Bertz CT molecular complexity index is 636. The summed E-state index contributed by atoms with van der Waals surface area (Å²) in [6.07, 6.45) is 1.74. The third-order valence-corrected chi connectivity index (χ3v) is 3.10. The van der Waals surface area contributed by atoms with E-state index >= 15 is 0 Å². The highest BCUT2D eigenvalue weighted by molar-refractivity contribution is 5.92. The number of pyridine rings is 1. The van der Waals surface area contributed by atoms with Crippen molar-refractivity contribution < 1.29 is 14.1 Å². The van der Waals surface area contributed by atoms with Crippen LogP contribution >= 0.6 is 0 Å². The second kappa shape index (κ2) is 5.88. The molecule has 0 radical (unpaired) electrons. The molecule has 8 heteroatoms. The number of carbonyl (C=O) groups is 1. The molecule has 1 atom stereocenters. The Morgan fingerprint density at radius 1 is 1.43 bits per heavy atom. The average molecular weight is 289 g/mol. The monoisotopic (exact) mass is 289 g/mol. The lowest BCUT2D eigenvalue weighted by Gasteiger charge is -2.02. The first-order valence-corrected chi connectivity index (χ1v) is 6.67. The number of nitrogens with zero attached hydrogens (tertiary/aromatic N) is 3. The van der Waals surface area contributed by atoms with Crippen LogP contribution in [0.2, 0.25) is 0 Å². The van der Waals surface area contributed by atoms with Crippen molar-refractivity contribution in [1.29, 1.82) is 0 Å². The number of aromatic nitrogens is 3. The fourth-order valence-electron chi connectivity index (χ4n) is 2.07. The van der Waals surface area contributed by atoms with Crippen molar-refractivity contribution in [3.63, 3.8) is 0 Å².